The van der Waals surface area contributed by atoms with Crippen LogP contribution in [0.2, 0.25) is 0 Å². The first-order valence-corrected chi connectivity index (χ1v) is 12.0. The first-order valence-electron chi connectivity index (χ1n) is 9.04. The van der Waals surface area contributed by atoms with Crippen molar-refractivity contribution in [3.05, 3.63) is 42.3 Å². The zero-order valence-electron chi connectivity index (χ0n) is 18.8. The second-order valence-corrected chi connectivity index (χ2v) is 8.92. The van der Waals surface area contributed by atoms with Gasteiger partial charge in [0.05, 0.1) is 21.5 Å². The number of benzene rings is 1. The van der Waals surface area contributed by atoms with Crippen molar-refractivity contribution < 1.29 is 101 Å². The fraction of sp³-hybridized carbons (Fsp3) is 0.250. The van der Waals surface area contributed by atoms with Crippen LogP contribution in [-0.4, -0.2) is 54.2 Å². The topological polar surface area (TPSA) is 208 Å². The number of aryl methyl sites for hydroxylation is 1. The summed E-state index contributed by atoms with van der Waals surface area (Å²) in [6.07, 6.45) is -0.0842. The van der Waals surface area contributed by atoms with Gasteiger partial charge in [0.25, 0.3) is 0 Å². The first kappa shape index (κ1) is 32.4. The van der Waals surface area contributed by atoms with Gasteiger partial charge in [-0.25, -0.2) is 8.96 Å². The van der Waals surface area contributed by atoms with Crippen LogP contribution in [0.3, 0.4) is 0 Å². The molecular formula is C16H17FN6Na2O8P2. The van der Waals surface area contributed by atoms with Crippen molar-refractivity contribution in [3.8, 4) is 22.6 Å². The molecule has 0 amide bonds. The molecule has 1 atom stereocenters. The summed E-state index contributed by atoms with van der Waals surface area (Å²) < 4.78 is 44.7. The molecule has 2 heterocycles. The van der Waals surface area contributed by atoms with Crippen LogP contribution in [-0.2, 0) is 25.2 Å². The van der Waals surface area contributed by atoms with Crippen LogP contribution in [0.25, 0.3) is 22.6 Å². The van der Waals surface area contributed by atoms with E-state index in [0.29, 0.717) is 17.1 Å². The van der Waals surface area contributed by atoms with E-state index in [0.717, 1.165) is 6.07 Å². The molecule has 14 nitrogen and oxygen atoms in total. The van der Waals surface area contributed by atoms with E-state index < -0.39 is 40.7 Å². The molecule has 0 unspecified atom stereocenters. The van der Waals surface area contributed by atoms with Crippen molar-refractivity contribution in [3.63, 3.8) is 0 Å². The summed E-state index contributed by atoms with van der Waals surface area (Å²) >= 11 is 0. The predicted octanol–water partition coefficient (Wildman–Crippen LogP) is -6.18. The van der Waals surface area contributed by atoms with Crippen LogP contribution < -0.4 is 74.2 Å². The van der Waals surface area contributed by atoms with Gasteiger partial charge in [-0.2, -0.15) is 4.80 Å². The monoisotopic (exact) mass is 548 g/mol. The number of hydrogen-bond acceptors (Lipinski definition) is 11. The number of tetrazole rings is 1. The number of anilines is 1. The molecule has 0 aliphatic rings. The van der Waals surface area contributed by atoms with Gasteiger partial charge in [-0.15, -0.1) is 10.2 Å². The average Bonchev–Trinajstić information content (AvgIpc) is 3.15. The summed E-state index contributed by atoms with van der Waals surface area (Å²) in [5, 5.41) is 14.2. The number of pyridine rings is 1. The smallest absolute Gasteiger partial charge is 0.790 e. The van der Waals surface area contributed by atoms with Crippen molar-refractivity contribution >= 4 is 21.3 Å². The van der Waals surface area contributed by atoms with Crippen molar-refractivity contribution in [2.45, 2.75) is 6.10 Å². The molecule has 19 heteroatoms. The SMILES string of the molecule is Cn1nnc(-c2ccc(-c3ccc(NC[C@H](COP(=O)([O-])[O-])OP(=O)(O)O)cc3F)cn2)n1.[Na+].[Na+]. The summed E-state index contributed by atoms with van der Waals surface area (Å²) in [5.41, 5.74) is 1.32. The molecule has 0 bridgehead atoms. The van der Waals surface area contributed by atoms with E-state index in [1.807, 2.05) is 0 Å². The molecule has 1 aromatic carbocycles. The molecule has 0 fully saturated rings. The van der Waals surface area contributed by atoms with Crippen molar-refractivity contribution in [2.75, 3.05) is 18.5 Å². The average molecular weight is 548 g/mol. The Balaban J connectivity index is 0.00000306. The summed E-state index contributed by atoms with van der Waals surface area (Å²) in [4.78, 5) is 44.5. The number of nitrogens with one attached hydrogen (secondary N) is 1. The molecule has 0 aliphatic heterocycles. The van der Waals surface area contributed by atoms with Gasteiger partial charge in [0, 0.05) is 29.6 Å². The van der Waals surface area contributed by atoms with Gasteiger partial charge in [-0.1, -0.05) is 6.07 Å². The van der Waals surface area contributed by atoms with E-state index >= 15 is 0 Å². The molecule has 0 aliphatic carbocycles. The Morgan fingerprint density at radius 3 is 2.43 bits per heavy atom. The van der Waals surface area contributed by atoms with Gasteiger partial charge in [0.15, 0.2) is 0 Å². The van der Waals surface area contributed by atoms with E-state index in [2.05, 4.69) is 34.8 Å². The maximum Gasteiger partial charge on any atom is 1.00 e. The Morgan fingerprint density at radius 2 is 1.91 bits per heavy atom. The summed E-state index contributed by atoms with van der Waals surface area (Å²) in [6, 6.07) is 7.24. The third-order valence-electron chi connectivity index (χ3n) is 4.02. The van der Waals surface area contributed by atoms with Gasteiger partial charge in [0.1, 0.15) is 17.6 Å². The van der Waals surface area contributed by atoms with E-state index in [1.54, 1.807) is 19.2 Å². The van der Waals surface area contributed by atoms with E-state index in [4.69, 9.17) is 9.79 Å². The zero-order valence-corrected chi connectivity index (χ0v) is 24.6. The molecular weight excluding hydrogens is 531 g/mol. The molecule has 3 N–H and O–H groups in total. The summed E-state index contributed by atoms with van der Waals surface area (Å²) in [6.45, 7) is -1.34. The molecule has 3 aromatic rings. The van der Waals surface area contributed by atoms with Crippen molar-refractivity contribution in [1.29, 1.82) is 0 Å². The quantitative estimate of drug-likeness (QED) is 0.159. The Morgan fingerprint density at radius 1 is 1.20 bits per heavy atom. The van der Waals surface area contributed by atoms with E-state index in [-0.39, 0.29) is 70.4 Å². The van der Waals surface area contributed by atoms with E-state index in [9.17, 15) is 23.3 Å². The molecule has 3 rings (SSSR count). The normalized spacial score (nSPS) is 12.4. The minimum atomic E-state index is -5.39. The van der Waals surface area contributed by atoms with Crippen LogP contribution in [0.1, 0.15) is 0 Å². The Bertz CT molecular complexity index is 1210. The summed E-state index contributed by atoms with van der Waals surface area (Å²) in [5.74, 6) is -0.329. The molecule has 178 valence electrons. The first-order chi connectivity index (χ1) is 15.4. The van der Waals surface area contributed by atoms with Crippen molar-refractivity contribution in [2.24, 2.45) is 7.05 Å². The number of aromatic nitrogens is 5. The Labute approximate surface area is 242 Å². The fourth-order valence-corrected chi connectivity index (χ4v) is 3.53. The van der Waals surface area contributed by atoms with Gasteiger partial charge in [-0.3, -0.25) is 9.51 Å². The van der Waals surface area contributed by atoms with Crippen LogP contribution in [0.4, 0.5) is 10.1 Å². The van der Waals surface area contributed by atoms with Crippen molar-refractivity contribution in [1.82, 2.24) is 25.2 Å². The minimum Gasteiger partial charge on any atom is -0.790 e. The van der Waals surface area contributed by atoms with Crippen LogP contribution >= 0.6 is 15.6 Å². The molecule has 2 aromatic heterocycles. The maximum absolute atomic E-state index is 14.7. The third-order valence-corrected chi connectivity index (χ3v) is 5.06. The van der Waals surface area contributed by atoms with Gasteiger partial charge < -0.3 is 34.0 Å². The largest absolute Gasteiger partial charge is 1.00 e. The van der Waals surface area contributed by atoms with E-state index in [1.165, 1.54) is 23.1 Å². The number of halogens is 1. The molecule has 0 spiro atoms. The number of nitrogens with zero attached hydrogens (tertiary/aromatic N) is 5. The Hall–Kier alpha value is -0.610. The zero-order chi connectivity index (χ0) is 24.2. The minimum absolute atomic E-state index is 0. The molecule has 0 saturated heterocycles. The maximum atomic E-state index is 14.7. The van der Waals surface area contributed by atoms with Gasteiger partial charge in [-0.05, 0) is 29.5 Å². The number of phosphoric ester groups is 2. The second-order valence-electron chi connectivity index (χ2n) is 6.57. The number of rotatable bonds is 10. The van der Waals surface area contributed by atoms with Gasteiger partial charge >= 0.3 is 66.9 Å². The standard InChI is InChI=1S/C16H19FN6O8P2.2Na/c1-23-21-16(20-22-23)15-5-2-10(7-19-15)13-4-3-11(6-14(13)17)18-8-12(31-33(27,28)29)9-30-32(24,25)26;;/h2-7,12,18H,8-9H2,1H3,(H2,24,25,26)(H2,27,28,29);;/q;2*+1/p-2/t12-;;/m1../s1. The molecule has 0 saturated carbocycles. The van der Waals surface area contributed by atoms with Crippen LogP contribution in [0.15, 0.2) is 36.5 Å². The predicted molar refractivity (Wildman–Crippen MR) is 106 cm³/mol. The Kier molecular flexibility index (Phi) is 12.8. The molecule has 35 heavy (non-hydrogen) atoms. The van der Waals surface area contributed by atoms with Gasteiger partial charge in [0.2, 0.25) is 5.82 Å². The number of phosphoric acid groups is 2. The molecule has 0 radical (unpaired) electrons. The number of hydrogen-bond donors (Lipinski definition) is 3. The third kappa shape index (κ3) is 10.7. The van der Waals surface area contributed by atoms with Crippen LogP contribution in [0, 0.1) is 5.82 Å². The second kappa shape index (κ2) is 13.8. The summed E-state index contributed by atoms with van der Waals surface area (Å²) in [7, 11) is -8.80. The van der Waals surface area contributed by atoms with Crippen LogP contribution in [0.5, 0.6) is 0 Å². The fourth-order valence-electron chi connectivity index (χ4n) is 2.66.